The molecule has 0 bridgehead atoms. The van der Waals surface area contributed by atoms with E-state index in [0.29, 0.717) is 40.7 Å². The zero-order chi connectivity index (χ0) is 41.0. The van der Waals surface area contributed by atoms with E-state index in [0.717, 1.165) is 68.4 Å². The van der Waals surface area contributed by atoms with Gasteiger partial charge >= 0.3 is 0 Å². The molecule has 0 spiro atoms. The van der Waals surface area contributed by atoms with Crippen molar-refractivity contribution in [3.8, 4) is 5.75 Å². The van der Waals surface area contributed by atoms with Crippen molar-refractivity contribution < 1.29 is 38.3 Å². The van der Waals surface area contributed by atoms with Crippen LogP contribution in [0.1, 0.15) is 118 Å². The minimum Gasteiger partial charge on any atom is -0.485 e. The number of aromatic nitrogens is 1. The van der Waals surface area contributed by atoms with Gasteiger partial charge in [-0.15, -0.1) is 0 Å². The minimum atomic E-state index is -1.08. The lowest BCUT2D eigenvalue weighted by atomic mass is 10.0. The Bertz CT molecular complexity index is 2210. The van der Waals surface area contributed by atoms with Crippen molar-refractivity contribution in [1.82, 2.24) is 25.8 Å². The fraction of sp³-hybridized carbons (Fsp3) is 0.364. The molecule has 1 unspecified atom stereocenters. The summed E-state index contributed by atoms with van der Waals surface area (Å²) in [7, 11) is 1.57. The van der Waals surface area contributed by atoms with Gasteiger partial charge in [0.05, 0.1) is 27.9 Å². The van der Waals surface area contributed by atoms with Crippen molar-refractivity contribution in [2.24, 2.45) is 0 Å². The Morgan fingerprint density at radius 2 is 1.55 bits per heavy atom. The molecule has 6 amide bonds. The number of carbonyl (C=O) groups excluding carboxylic acids is 7. The molecule has 4 aromatic rings. The van der Waals surface area contributed by atoms with Gasteiger partial charge in [0.25, 0.3) is 23.6 Å². The molecule has 14 nitrogen and oxygen atoms in total. The van der Waals surface area contributed by atoms with Crippen molar-refractivity contribution in [2.45, 2.75) is 83.1 Å². The summed E-state index contributed by atoms with van der Waals surface area (Å²) >= 11 is 0. The van der Waals surface area contributed by atoms with Crippen LogP contribution in [0.4, 0.5) is 11.4 Å². The Morgan fingerprint density at radius 3 is 2.28 bits per heavy atom. The average molecular weight is 789 g/mol. The van der Waals surface area contributed by atoms with E-state index < -0.39 is 29.7 Å². The van der Waals surface area contributed by atoms with Gasteiger partial charge in [0.1, 0.15) is 18.4 Å². The number of nitrogens with one attached hydrogen (secondary N) is 4. The third-order valence-corrected chi connectivity index (χ3v) is 10.4. The van der Waals surface area contributed by atoms with Crippen molar-refractivity contribution in [2.75, 3.05) is 25.5 Å². The summed E-state index contributed by atoms with van der Waals surface area (Å²) in [6.07, 6.45) is 10.8. The number of anilines is 2. The largest absolute Gasteiger partial charge is 0.485 e. The van der Waals surface area contributed by atoms with Crippen LogP contribution in [0.25, 0.3) is 10.9 Å². The van der Waals surface area contributed by atoms with Crippen LogP contribution in [0.15, 0.2) is 72.9 Å². The molecular weight excluding hydrogens is 741 g/mol. The lowest BCUT2D eigenvalue weighted by Gasteiger charge is -2.27. The Morgan fingerprint density at radius 1 is 0.828 bits per heavy atom. The zero-order valence-corrected chi connectivity index (χ0v) is 32.6. The Kier molecular flexibility index (Phi) is 13.9. The summed E-state index contributed by atoms with van der Waals surface area (Å²) in [6, 6.07) is 18.3. The Hall–Kier alpha value is -6.44. The van der Waals surface area contributed by atoms with E-state index in [2.05, 4.69) is 26.3 Å². The Balaban J connectivity index is 0.844. The lowest BCUT2D eigenvalue weighted by Crippen LogP contribution is -2.54. The van der Waals surface area contributed by atoms with Gasteiger partial charge in [0.15, 0.2) is 5.78 Å². The SMILES string of the molecule is CNC(=O)c1cnc2ccc(C(=O)NCCCCCCCCCCCC(=O)COc3cccc4c3C(=O)N(C3CCC(=O)NC3=O)C4=O)cc2c1Nc1ccccc1. The van der Waals surface area contributed by atoms with Crippen LogP contribution in [0.5, 0.6) is 5.75 Å². The molecule has 3 aromatic carbocycles. The number of ketones is 1. The van der Waals surface area contributed by atoms with E-state index in [1.807, 2.05) is 30.3 Å². The zero-order valence-electron chi connectivity index (χ0n) is 32.6. The van der Waals surface area contributed by atoms with Crippen LogP contribution >= 0.6 is 0 Å². The first-order valence-electron chi connectivity index (χ1n) is 19.9. The van der Waals surface area contributed by atoms with E-state index in [1.54, 1.807) is 31.3 Å². The highest BCUT2D eigenvalue weighted by Crippen LogP contribution is 2.34. The summed E-state index contributed by atoms with van der Waals surface area (Å²) in [5.74, 6) is -2.89. The molecule has 2 aliphatic rings. The van der Waals surface area contributed by atoms with Crippen molar-refractivity contribution >= 4 is 63.5 Å². The molecule has 1 saturated heterocycles. The van der Waals surface area contributed by atoms with E-state index in [-0.39, 0.29) is 53.9 Å². The monoisotopic (exact) mass is 788 g/mol. The molecule has 3 heterocycles. The first-order chi connectivity index (χ1) is 28.2. The number of pyridine rings is 1. The van der Waals surface area contributed by atoms with E-state index in [4.69, 9.17) is 4.74 Å². The maximum Gasteiger partial charge on any atom is 0.266 e. The second-order valence-electron chi connectivity index (χ2n) is 14.5. The van der Waals surface area contributed by atoms with E-state index >= 15 is 0 Å². The number of piperidine rings is 1. The molecule has 4 N–H and O–H groups in total. The van der Waals surface area contributed by atoms with E-state index in [1.165, 1.54) is 18.3 Å². The number of benzene rings is 3. The maximum absolute atomic E-state index is 13.2. The third-order valence-electron chi connectivity index (χ3n) is 10.4. The smallest absolute Gasteiger partial charge is 0.266 e. The number of imide groups is 2. The highest BCUT2D eigenvalue weighted by molar-refractivity contribution is 6.24. The number of unbranched alkanes of at least 4 members (excludes halogenated alkanes) is 8. The topological polar surface area (TPSA) is 193 Å². The molecule has 2 aliphatic heterocycles. The van der Waals surface area contributed by atoms with Crippen molar-refractivity contribution in [3.05, 3.63) is 95.2 Å². The fourth-order valence-electron chi connectivity index (χ4n) is 7.26. The molecule has 0 aliphatic carbocycles. The summed E-state index contributed by atoms with van der Waals surface area (Å²) in [6.45, 7) is 0.325. The molecule has 6 rings (SSSR count). The number of nitrogens with zero attached hydrogens (tertiary/aromatic N) is 2. The summed E-state index contributed by atoms with van der Waals surface area (Å²) in [5.41, 5.74) is 3.05. The molecule has 1 aromatic heterocycles. The number of amides is 6. The predicted molar refractivity (Wildman–Crippen MR) is 217 cm³/mol. The highest BCUT2D eigenvalue weighted by atomic mass is 16.5. The maximum atomic E-state index is 13.2. The van der Waals surface area contributed by atoms with Gasteiger partial charge in [0, 0.05) is 49.3 Å². The van der Waals surface area contributed by atoms with Crippen LogP contribution in [-0.2, 0) is 14.4 Å². The molecule has 302 valence electrons. The number of fused-ring (bicyclic) bond motifs is 2. The predicted octanol–water partition coefficient (Wildman–Crippen LogP) is 6.02. The van der Waals surface area contributed by atoms with Crippen molar-refractivity contribution in [3.63, 3.8) is 0 Å². The first-order valence-corrected chi connectivity index (χ1v) is 19.9. The van der Waals surface area contributed by atoms with Crippen LogP contribution in [0.2, 0.25) is 0 Å². The van der Waals surface area contributed by atoms with Gasteiger partial charge in [-0.2, -0.15) is 0 Å². The molecule has 0 radical (unpaired) electrons. The van der Waals surface area contributed by atoms with Crippen LogP contribution in [0.3, 0.4) is 0 Å². The van der Waals surface area contributed by atoms with Gasteiger partial charge in [-0.25, -0.2) is 0 Å². The lowest BCUT2D eigenvalue weighted by molar-refractivity contribution is -0.136. The first kappa shape index (κ1) is 41.2. The fourth-order valence-corrected chi connectivity index (χ4v) is 7.26. The number of carbonyl (C=O) groups is 7. The second-order valence-corrected chi connectivity index (χ2v) is 14.5. The highest BCUT2D eigenvalue weighted by Gasteiger charge is 2.46. The quantitative estimate of drug-likeness (QED) is 0.0608. The van der Waals surface area contributed by atoms with Gasteiger partial charge in [-0.3, -0.25) is 48.8 Å². The number of Topliss-reactive ketones (excluding diaryl/α,β-unsaturated/α-hetero) is 1. The van der Waals surface area contributed by atoms with Gasteiger partial charge in [-0.05, 0) is 61.7 Å². The van der Waals surface area contributed by atoms with Crippen LogP contribution in [-0.4, -0.2) is 77.4 Å². The molecular formula is C44H48N6O8. The second kappa shape index (κ2) is 19.6. The molecule has 0 saturated carbocycles. The van der Waals surface area contributed by atoms with Gasteiger partial charge < -0.3 is 20.7 Å². The number of para-hydroxylation sites is 1. The van der Waals surface area contributed by atoms with E-state index in [9.17, 15) is 33.6 Å². The van der Waals surface area contributed by atoms with Crippen LogP contribution < -0.4 is 26.0 Å². The molecule has 1 atom stereocenters. The molecule has 14 heteroatoms. The molecule has 58 heavy (non-hydrogen) atoms. The number of rotatable bonds is 20. The summed E-state index contributed by atoms with van der Waals surface area (Å²) < 4.78 is 5.70. The van der Waals surface area contributed by atoms with Gasteiger partial charge in [-0.1, -0.05) is 69.2 Å². The minimum absolute atomic E-state index is 0.0272. The average Bonchev–Trinajstić information content (AvgIpc) is 3.49. The van der Waals surface area contributed by atoms with Gasteiger partial charge in [0.2, 0.25) is 11.8 Å². The normalized spacial score (nSPS) is 14.9. The van der Waals surface area contributed by atoms with Crippen LogP contribution in [0, 0.1) is 0 Å². The third kappa shape index (κ3) is 9.92. The Labute approximate surface area is 336 Å². The summed E-state index contributed by atoms with van der Waals surface area (Å²) in [4.78, 5) is 93.8. The molecule has 1 fully saturated rings. The number of hydrogen-bond donors (Lipinski definition) is 4. The number of ether oxygens (including phenoxy) is 1. The summed E-state index contributed by atoms with van der Waals surface area (Å²) in [5, 5.41) is 11.9. The number of hydrogen-bond acceptors (Lipinski definition) is 10. The standard InChI is InChI=1S/C44H48N6O8/c1-45-41(54)33-26-47-34-21-20-28(25-32(34)39(33)48-29-15-10-9-11-16-29)40(53)46-24-13-8-6-4-2-3-5-7-12-17-30(51)27-58-36-19-14-18-31-38(36)44(57)50(43(31)56)35-22-23-37(52)49-42(35)55/h9-11,14-16,18-21,25-26,35H,2-8,12-13,17,22-24,27H2,1H3,(H,45,54)(H,46,53)(H,47,48)(H,49,52,55). The van der Waals surface area contributed by atoms with Crippen molar-refractivity contribution in [1.29, 1.82) is 0 Å².